The third kappa shape index (κ3) is 3.13. The third-order valence-corrected chi connectivity index (χ3v) is 3.90. The third-order valence-electron chi connectivity index (χ3n) is 3.90. The highest BCUT2D eigenvalue weighted by Gasteiger charge is 2.31. The Morgan fingerprint density at radius 2 is 1.83 bits per heavy atom. The number of hydrogen-bond acceptors (Lipinski definition) is 3. The van der Waals surface area contributed by atoms with Crippen molar-refractivity contribution in [1.29, 1.82) is 0 Å². The van der Waals surface area contributed by atoms with Gasteiger partial charge in [-0.25, -0.2) is 13.6 Å². The van der Waals surface area contributed by atoms with Crippen molar-refractivity contribution in [2.24, 2.45) is 0 Å². The molecule has 0 aromatic heterocycles. The Morgan fingerprint density at radius 3 is 2.54 bits per heavy atom. The standard InChI is InChI=1S/C18H15F2NO3/c1-11-6-12-4-2-3-5-16(12)21(11)17(22)10-24-18(23)13-7-14(19)9-15(20)8-13/h2-5,7-9,11H,6,10H2,1H3. The maximum atomic E-state index is 13.1. The molecule has 1 aliphatic heterocycles. The maximum absolute atomic E-state index is 13.1. The van der Waals surface area contributed by atoms with E-state index in [0.717, 1.165) is 29.8 Å². The van der Waals surface area contributed by atoms with Gasteiger partial charge in [0.05, 0.1) is 5.56 Å². The number of nitrogens with zero attached hydrogens (tertiary/aromatic N) is 1. The number of carbonyl (C=O) groups excluding carboxylic acids is 2. The Balaban J connectivity index is 1.68. The first kappa shape index (κ1) is 16.1. The lowest BCUT2D eigenvalue weighted by Crippen LogP contribution is -2.38. The number of halogens is 2. The van der Waals surface area contributed by atoms with Gasteiger partial charge in [0.25, 0.3) is 5.91 Å². The summed E-state index contributed by atoms with van der Waals surface area (Å²) >= 11 is 0. The van der Waals surface area contributed by atoms with E-state index in [0.29, 0.717) is 6.07 Å². The molecule has 0 radical (unpaired) electrons. The van der Waals surface area contributed by atoms with Crippen LogP contribution in [-0.2, 0) is 16.0 Å². The summed E-state index contributed by atoms with van der Waals surface area (Å²) in [7, 11) is 0. The monoisotopic (exact) mass is 331 g/mol. The zero-order valence-electron chi connectivity index (χ0n) is 13.0. The van der Waals surface area contributed by atoms with Crippen molar-refractivity contribution in [3.63, 3.8) is 0 Å². The predicted molar refractivity (Wildman–Crippen MR) is 83.7 cm³/mol. The highest BCUT2D eigenvalue weighted by molar-refractivity contribution is 5.99. The summed E-state index contributed by atoms with van der Waals surface area (Å²) in [6.07, 6.45) is 0.727. The molecule has 2 aromatic rings. The van der Waals surface area contributed by atoms with E-state index in [2.05, 4.69) is 0 Å². The summed E-state index contributed by atoms with van der Waals surface area (Å²) in [6.45, 7) is 1.41. The number of anilines is 1. The van der Waals surface area contributed by atoms with Crippen LogP contribution in [0.3, 0.4) is 0 Å². The SMILES string of the molecule is CC1Cc2ccccc2N1C(=O)COC(=O)c1cc(F)cc(F)c1. The van der Waals surface area contributed by atoms with Crippen LogP contribution < -0.4 is 4.90 Å². The van der Waals surface area contributed by atoms with Crippen molar-refractivity contribution in [3.8, 4) is 0 Å². The van der Waals surface area contributed by atoms with Crippen LogP contribution in [0.25, 0.3) is 0 Å². The van der Waals surface area contributed by atoms with Crippen molar-refractivity contribution in [2.75, 3.05) is 11.5 Å². The molecule has 0 spiro atoms. The summed E-state index contributed by atoms with van der Waals surface area (Å²) in [4.78, 5) is 25.8. The molecule has 6 heteroatoms. The highest BCUT2D eigenvalue weighted by atomic mass is 19.1. The van der Waals surface area contributed by atoms with E-state index in [-0.39, 0.29) is 17.5 Å². The van der Waals surface area contributed by atoms with Crippen molar-refractivity contribution < 1.29 is 23.1 Å². The van der Waals surface area contributed by atoms with Crippen LogP contribution in [0.4, 0.5) is 14.5 Å². The van der Waals surface area contributed by atoms with Crippen LogP contribution >= 0.6 is 0 Å². The summed E-state index contributed by atoms with van der Waals surface area (Å²) in [5.74, 6) is -3.08. The molecule has 2 aromatic carbocycles. The van der Waals surface area contributed by atoms with Gasteiger partial charge in [-0.2, -0.15) is 0 Å². The van der Waals surface area contributed by atoms with Crippen molar-refractivity contribution in [3.05, 3.63) is 65.2 Å². The minimum absolute atomic E-state index is 0.0415. The molecule has 0 saturated carbocycles. The van der Waals surface area contributed by atoms with Crippen LogP contribution in [0.2, 0.25) is 0 Å². The molecule has 1 amide bonds. The van der Waals surface area contributed by atoms with Gasteiger partial charge in [0.2, 0.25) is 0 Å². The Labute approximate surface area is 137 Å². The van der Waals surface area contributed by atoms with Gasteiger partial charge in [0.15, 0.2) is 6.61 Å². The lowest BCUT2D eigenvalue weighted by atomic mass is 10.1. The molecule has 3 rings (SSSR count). The van der Waals surface area contributed by atoms with Gasteiger partial charge in [-0.1, -0.05) is 18.2 Å². The first-order valence-corrected chi connectivity index (χ1v) is 7.49. The lowest BCUT2D eigenvalue weighted by Gasteiger charge is -2.22. The quantitative estimate of drug-likeness (QED) is 0.812. The molecule has 1 heterocycles. The van der Waals surface area contributed by atoms with Gasteiger partial charge in [-0.05, 0) is 37.1 Å². The van der Waals surface area contributed by atoms with Crippen LogP contribution in [-0.4, -0.2) is 24.5 Å². The average molecular weight is 331 g/mol. The molecular weight excluding hydrogens is 316 g/mol. The molecule has 0 aliphatic carbocycles. The number of ether oxygens (including phenoxy) is 1. The van der Waals surface area contributed by atoms with Gasteiger partial charge in [-0.3, -0.25) is 4.79 Å². The second kappa shape index (κ2) is 6.39. The largest absolute Gasteiger partial charge is 0.452 e. The van der Waals surface area contributed by atoms with Crippen molar-refractivity contribution in [1.82, 2.24) is 0 Å². The van der Waals surface area contributed by atoms with Gasteiger partial charge >= 0.3 is 5.97 Å². The van der Waals surface area contributed by atoms with Crippen LogP contribution in [0.5, 0.6) is 0 Å². The molecule has 0 fully saturated rings. The fourth-order valence-electron chi connectivity index (χ4n) is 2.90. The van der Waals surface area contributed by atoms with Gasteiger partial charge < -0.3 is 9.64 Å². The normalized spacial score (nSPS) is 16.0. The van der Waals surface area contributed by atoms with E-state index < -0.39 is 24.2 Å². The number of esters is 1. The topological polar surface area (TPSA) is 46.6 Å². The summed E-state index contributed by atoms with van der Waals surface area (Å²) < 4.78 is 31.2. The number of para-hydroxylation sites is 1. The van der Waals surface area contributed by atoms with E-state index in [9.17, 15) is 18.4 Å². The molecule has 24 heavy (non-hydrogen) atoms. The Morgan fingerprint density at radius 1 is 1.17 bits per heavy atom. The molecular formula is C18H15F2NO3. The van der Waals surface area contributed by atoms with E-state index in [1.807, 2.05) is 31.2 Å². The molecule has 124 valence electrons. The zero-order valence-corrected chi connectivity index (χ0v) is 13.0. The minimum Gasteiger partial charge on any atom is -0.452 e. The summed E-state index contributed by atoms with van der Waals surface area (Å²) in [5.41, 5.74) is 1.58. The first-order valence-electron chi connectivity index (χ1n) is 7.49. The first-order chi connectivity index (χ1) is 11.5. The molecule has 0 bridgehead atoms. The highest BCUT2D eigenvalue weighted by Crippen LogP contribution is 2.31. The summed E-state index contributed by atoms with van der Waals surface area (Å²) in [5, 5.41) is 0. The number of rotatable bonds is 3. The molecule has 4 nitrogen and oxygen atoms in total. The van der Waals surface area contributed by atoms with Gasteiger partial charge in [0, 0.05) is 17.8 Å². The number of amides is 1. The minimum atomic E-state index is -0.943. The molecule has 1 aliphatic rings. The summed E-state index contributed by atoms with van der Waals surface area (Å²) in [6, 6.07) is 9.86. The van der Waals surface area contributed by atoms with Crippen molar-refractivity contribution >= 4 is 17.6 Å². The number of hydrogen-bond donors (Lipinski definition) is 0. The predicted octanol–water partition coefficient (Wildman–Crippen LogP) is 3.10. The average Bonchev–Trinajstić information content (AvgIpc) is 2.87. The number of carbonyl (C=O) groups is 2. The zero-order chi connectivity index (χ0) is 17.3. The molecule has 0 N–H and O–H groups in total. The Bertz CT molecular complexity index is 786. The number of benzene rings is 2. The van der Waals surface area contributed by atoms with Crippen LogP contribution in [0, 0.1) is 11.6 Å². The molecule has 0 saturated heterocycles. The fourth-order valence-corrected chi connectivity index (χ4v) is 2.90. The van der Waals surface area contributed by atoms with E-state index in [1.54, 1.807) is 4.90 Å². The fraction of sp³-hybridized carbons (Fsp3) is 0.222. The van der Waals surface area contributed by atoms with Crippen molar-refractivity contribution in [2.45, 2.75) is 19.4 Å². The Hall–Kier alpha value is -2.76. The van der Waals surface area contributed by atoms with E-state index in [4.69, 9.17) is 4.74 Å². The smallest absolute Gasteiger partial charge is 0.338 e. The van der Waals surface area contributed by atoms with Gasteiger partial charge in [0.1, 0.15) is 11.6 Å². The maximum Gasteiger partial charge on any atom is 0.338 e. The second-order valence-corrected chi connectivity index (χ2v) is 5.68. The molecule has 1 unspecified atom stereocenters. The van der Waals surface area contributed by atoms with Gasteiger partial charge in [-0.15, -0.1) is 0 Å². The Kier molecular flexibility index (Phi) is 4.29. The number of fused-ring (bicyclic) bond motifs is 1. The van der Waals surface area contributed by atoms with Crippen LogP contribution in [0.15, 0.2) is 42.5 Å². The lowest BCUT2D eigenvalue weighted by molar-refractivity contribution is -0.122. The second-order valence-electron chi connectivity index (χ2n) is 5.68. The van der Waals surface area contributed by atoms with E-state index >= 15 is 0 Å². The van der Waals surface area contributed by atoms with E-state index in [1.165, 1.54) is 0 Å². The molecule has 1 atom stereocenters. The van der Waals surface area contributed by atoms with Crippen LogP contribution in [0.1, 0.15) is 22.8 Å².